The summed E-state index contributed by atoms with van der Waals surface area (Å²) in [5.74, 6) is -1.95. The summed E-state index contributed by atoms with van der Waals surface area (Å²) >= 11 is 1.81. The summed E-state index contributed by atoms with van der Waals surface area (Å²) in [6, 6.07) is 2.45. The van der Waals surface area contributed by atoms with Gasteiger partial charge in [-0.2, -0.15) is 0 Å². The lowest BCUT2D eigenvalue weighted by atomic mass is 10.3. The maximum absolute atomic E-state index is 12.1. The van der Waals surface area contributed by atoms with Crippen LogP contribution in [-0.4, -0.2) is 25.4 Å². The normalized spacial score (nSPS) is 11.2. The van der Waals surface area contributed by atoms with Crippen LogP contribution in [0.25, 0.3) is 0 Å². The van der Waals surface area contributed by atoms with E-state index < -0.39 is 21.9 Å². The van der Waals surface area contributed by atoms with Crippen molar-refractivity contribution < 1.29 is 23.1 Å². The van der Waals surface area contributed by atoms with Gasteiger partial charge in [0.2, 0.25) is 0 Å². The Morgan fingerprint density at radius 3 is 2.55 bits per heavy atom. The molecule has 0 fully saturated rings. The third-order valence-corrected chi connectivity index (χ3v) is 5.61. The molecule has 7 nitrogen and oxygen atoms in total. The third kappa shape index (κ3) is 2.81. The number of amides is 1. The number of hydrogen-bond acceptors (Lipinski definition) is 6. The number of aromatic carboxylic acids is 1. The van der Waals surface area contributed by atoms with E-state index in [4.69, 9.17) is 10.8 Å². The minimum atomic E-state index is -3.95. The number of carbonyl (C=O) groups is 2. The van der Waals surface area contributed by atoms with Gasteiger partial charge in [-0.3, -0.25) is 9.52 Å². The van der Waals surface area contributed by atoms with Gasteiger partial charge in [-0.25, -0.2) is 13.2 Å². The molecule has 0 unspecified atom stereocenters. The Labute approximate surface area is 121 Å². The summed E-state index contributed by atoms with van der Waals surface area (Å²) in [6.45, 7) is 0. The Bertz CT molecular complexity index is 774. The first-order valence-corrected chi connectivity index (χ1v) is 8.27. The molecule has 0 aliphatic carbocycles. The van der Waals surface area contributed by atoms with Crippen molar-refractivity contribution in [2.24, 2.45) is 5.73 Å². The van der Waals surface area contributed by atoms with Gasteiger partial charge in [0.1, 0.15) is 9.88 Å². The number of primary amides is 1. The van der Waals surface area contributed by atoms with Crippen molar-refractivity contribution in [2.45, 2.75) is 4.90 Å². The minimum absolute atomic E-state index is 0.0623. The smallest absolute Gasteiger partial charge is 0.345 e. The lowest BCUT2D eigenvalue weighted by Crippen LogP contribution is -2.16. The zero-order valence-corrected chi connectivity index (χ0v) is 12.1. The number of carbonyl (C=O) groups excluding carboxylic acids is 1. The summed E-state index contributed by atoms with van der Waals surface area (Å²) in [5.41, 5.74) is 5.18. The Kier molecular flexibility index (Phi) is 3.79. The molecule has 0 atom stereocenters. The largest absolute Gasteiger partial charge is 0.477 e. The highest BCUT2D eigenvalue weighted by Gasteiger charge is 2.21. The maximum atomic E-state index is 12.1. The van der Waals surface area contributed by atoms with Crippen molar-refractivity contribution in [2.75, 3.05) is 4.72 Å². The number of carboxylic acids is 1. The van der Waals surface area contributed by atoms with Crippen LogP contribution in [0.1, 0.15) is 20.0 Å². The molecule has 106 valence electrons. The topological polar surface area (TPSA) is 127 Å². The lowest BCUT2D eigenvalue weighted by Gasteiger charge is -2.05. The fourth-order valence-electron chi connectivity index (χ4n) is 1.34. The van der Waals surface area contributed by atoms with Gasteiger partial charge in [0.25, 0.3) is 15.9 Å². The van der Waals surface area contributed by atoms with Crippen molar-refractivity contribution in [1.82, 2.24) is 0 Å². The number of anilines is 1. The highest BCUT2D eigenvalue weighted by atomic mass is 32.2. The molecule has 0 bridgehead atoms. The van der Waals surface area contributed by atoms with Crippen LogP contribution >= 0.6 is 22.7 Å². The highest BCUT2D eigenvalue weighted by molar-refractivity contribution is 7.93. The van der Waals surface area contributed by atoms with E-state index >= 15 is 0 Å². The summed E-state index contributed by atoms with van der Waals surface area (Å²) in [4.78, 5) is 21.6. The third-order valence-electron chi connectivity index (χ3n) is 2.25. The number of carboxylic acid groups (broad SMARTS) is 1. The average molecular weight is 332 g/mol. The van der Waals surface area contributed by atoms with Gasteiger partial charge in [0.15, 0.2) is 0 Å². The van der Waals surface area contributed by atoms with E-state index in [1.165, 1.54) is 16.8 Å². The van der Waals surface area contributed by atoms with Crippen LogP contribution in [-0.2, 0) is 10.0 Å². The SMILES string of the molecule is NC(=O)c1ccsc1NS(=O)(=O)c1csc(C(=O)O)c1. The second-order valence-electron chi connectivity index (χ2n) is 3.58. The molecule has 4 N–H and O–H groups in total. The number of rotatable bonds is 5. The van der Waals surface area contributed by atoms with Gasteiger partial charge in [-0.1, -0.05) is 0 Å². The van der Waals surface area contributed by atoms with E-state index in [1.54, 1.807) is 0 Å². The van der Waals surface area contributed by atoms with Crippen molar-refractivity contribution in [3.05, 3.63) is 33.3 Å². The number of sulfonamides is 1. The number of hydrogen-bond donors (Lipinski definition) is 3. The van der Waals surface area contributed by atoms with Crippen molar-refractivity contribution >= 4 is 49.6 Å². The maximum Gasteiger partial charge on any atom is 0.345 e. The number of nitrogens with two attached hydrogens (primary N) is 1. The second-order valence-corrected chi connectivity index (χ2v) is 7.09. The van der Waals surface area contributed by atoms with Crippen molar-refractivity contribution in [3.8, 4) is 0 Å². The number of thiophene rings is 2. The van der Waals surface area contributed by atoms with Crippen LogP contribution in [0.2, 0.25) is 0 Å². The fraction of sp³-hybridized carbons (Fsp3) is 0. The molecule has 20 heavy (non-hydrogen) atoms. The first-order valence-electron chi connectivity index (χ1n) is 5.03. The first-order chi connectivity index (χ1) is 9.31. The van der Waals surface area contributed by atoms with Gasteiger partial charge in [0.05, 0.1) is 10.5 Å². The van der Waals surface area contributed by atoms with Gasteiger partial charge >= 0.3 is 5.97 Å². The van der Waals surface area contributed by atoms with Crippen LogP contribution in [0.4, 0.5) is 5.00 Å². The summed E-state index contributed by atoms with van der Waals surface area (Å²) in [5, 5.41) is 11.6. The molecule has 2 aromatic rings. The first kappa shape index (κ1) is 14.5. The molecule has 0 aromatic carbocycles. The molecule has 0 spiro atoms. The van der Waals surface area contributed by atoms with E-state index in [0.29, 0.717) is 0 Å². The minimum Gasteiger partial charge on any atom is -0.477 e. The zero-order valence-electron chi connectivity index (χ0n) is 9.69. The van der Waals surface area contributed by atoms with E-state index in [2.05, 4.69) is 4.72 Å². The van der Waals surface area contributed by atoms with Crippen LogP contribution in [0.3, 0.4) is 0 Å². The molecule has 2 aromatic heterocycles. The highest BCUT2D eigenvalue weighted by Crippen LogP contribution is 2.27. The molecule has 0 radical (unpaired) electrons. The van der Waals surface area contributed by atoms with E-state index in [-0.39, 0.29) is 20.3 Å². The van der Waals surface area contributed by atoms with Gasteiger partial charge in [0, 0.05) is 5.38 Å². The molecule has 0 saturated heterocycles. The molecule has 2 rings (SSSR count). The summed E-state index contributed by atoms with van der Waals surface area (Å²) in [6.07, 6.45) is 0. The standard InChI is InChI=1S/C10H8N2O5S3/c11-8(13)6-1-2-18-9(6)12-20(16,17)5-3-7(10(14)15)19-4-5/h1-4,12H,(H2,11,13)(H,14,15). The molecular weight excluding hydrogens is 324 g/mol. The molecule has 0 saturated carbocycles. The average Bonchev–Trinajstić information content (AvgIpc) is 2.95. The zero-order chi connectivity index (χ0) is 14.9. The molecule has 2 heterocycles. The van der Waals surface area contributed by atoms with Crippen LogP contribution in [0.5, 0.6) is 0 Å². The predicted octanol–water partition coefficient (Wildman–Crippen LogP) is 1.41. The quantitative estimate of drug-likeness (QED) is 0.763. The van der Waals surface area contributed by atoms with Gasteiger partial charge < -0.3 is 10.8 Å². The van der Waals surface area contributed by atoms with Crippen LogP contribution < -0.4 is 10.5 Å². The predicted molar refractivity (Wildman–Crippen MR) is 74.9 cm³/mol. The Balaban J connectivity index is 2.33. The second kappa shape index (κ2) is 5.23. The van der Waals surface area contributed by atoms with Crippen LogP contribution in [0, 0.1) is 0 Å². The van der Waals surface area contributed by atoms with Gasteiger partial charge in [-0.05, 0) is 17.5 Å². The van der Waals surface area contributed by atoms with E-state index in [9.17, 15) is 18.0 Å². The van der Waals surface area contributed by atoms with Crippen molar-refractivity contribution in [3.63, 3.8) is 0 Å². The van der Waals surface area contributed by atoms with E-state index in [0.717, 1.165) is 28.7 Å². The Morgan fingerprint density at radius 2 is 2.00 bits per heavy atom. The van der Waals surface area contributed by atoms with Crippen molar-refractivity contribution in [1.29, 1.82) is 0 Å². The fourth-order valence-corrected chi connectivity index (χ4v) is 4.57. The molecular formula is C10H8N2O5S3. The molecule has 1 amide bonds. The number of nitrogens with one attached hydrogen (secondary N) is 1. The lowest BCUT2D eigenvalue weighted by molar-refractivity contribution is 0.0701. The molecule has 0 aliphatic heterocycles. The Hall–Kier alpha value is -1.91. The Morgan fingerprint density at radius 1 is 1.30 bits per heavy atom. The molecule has 0 aliphatic rings. The molecule has 10 heteroatoms. The summed E-state index contributed by atoms with van der Waals surface area (Å²) in [7, 11) is -3.95. The summed E-state index contributed by atoms with van der Waals surface area (Å²) < 4.78 is 26.4. The van der Waals surface area contributed by atoms with Crippen LogP contribution in [0.15, 0.2) is 27.8 Å². The van der Waals surface area contributed by atoms with E-state index in [1.807, 2.05) is 0 Å². The monoisotopic (exact) mass is 332 g/mol. The van der Waals surface area contributed by atoms with Gasteiger partial charge in [-0.15, -0.1) is 22.7 Å².